The van der Waals surface area contributed by atoms with Gasteiger partial charge in [0.2, 0.25) is 0 Å². The van der Waals surface area contributed by atoms with E-state index in [2.05, 4.69) is 39.0 Å². The SMILES string of the molecule is COC1CCN(c2ccc(CCN)cc2Br)C1. The third-order valence-electron chi connectivity index (χ3n) is 3.26. The van der Waals surface area contributed by atoms with Crippen LogP contribution in [0.2, 0.25) is 0 Å². The number of benzene rings is 1. The average Bonchev–Trinajstić information content (AvgIpc) is 2.78. The predicted octanol–water partition coefficient (Wildman–Crippen LogP) is 2.18. The molecule has 94 valence electrons. The monoisotopic (exact) mass is 298 g/mol. The molecule has 0 saturated carbocycles. The molecule has 0 radical (unpaired) electrons. The molecule has 1 atom stereocenters. The minimum absolute atomic E-state index is 0.366. The summed E-state index contributed by atoms with van der Waals surface area (Å²) in [6, 6.07) is 6.50. The van der Waals surface area contributed by atoms with Crippen molar-refractivity contribution < 1.29 is 4.74 Å². The lowest BCUT2D eigenvalue weighted by Crippen LogP contribution is -2.22. The Morgan fingerprint density at radius 1 is 1.53 bits per heavy atom. The number of hydrogen-bond acceptors (Lipinski definition) is 3. The normalized spacial score (nSPS) is 19.9. The minimum Gasteiger partial charge on any atom is -0.380 e. The Kier molecular flexibility index (Phi) is 4.42. The topological polar surface area (TPSA) is 38.5 Å². The van der Waals surface area contributed by atoms with Crippen molar-refractivity contribution in [1.82, 2.24) is 0 Å². The molecule has 1 aliphatic rings. The lowest BCUT2D eigenvalue weighted by atomic mass is 10.1. The molecule has 1 heterocycles. The number of halogens is 1. The Morgan fingerprint density at radius 2 is 2.35 bits per heavy atom. The smallest absolute Gasteiger partial charge is 0.0762 e. The highest BCUT2D eigenvalue weighted by Crippen LogP contribution is 2.30. The van der Waals surface area contributed by atoms with E-state index in [-0.39, 0.29) is 0 Å². The van der Waals surface area contributed by atoms with Gasteiger partial charge in [-0.3, -0.25) is 0 Å². The number of nitrogens with two attached hydrogens (primary N) is 1. The first-order valence-corrected chi connectivity index (χ1v) is 6.80. The van der Waals surface area contributed by atoms with Crippen molar-refractivity contribution in [1.29, 1.82) is 0 Å². The predicted molar refractivity (Wildman–Crippen MR) is 74.5 cm³/mol. The van der Waals surface area contributed by atoms with Crippen LogP contribution in [-0.4, -0.2) is 32.8 Å². The summed E-state index contributed by atoms with van der Waals surface area (Å²) in [5, 5.41) is 0. The van der Waals surface area contributed by atoms with Crippen LogP contribution in [0.25, 0.3) is 0 Å². The van der Waals surface area contributed by atoms with E-state index in [1.807, 2.05) is 0 Å². The van der Waals surface area contributed by atoms with E-state index in [9.17, 15) is 0 Å². The van der Waals surface area contributed by atoms with Crippen LogP contribution < -0.4 is 10.6 Å². The minimum atomic E-state index is 0.366. The van der Waals surface area contributed by atoms with Crippen LogP contribution in [0, 0.1) is 0 Å². The van der Waals surface area contributed by atoms with Crippen molar-refractivity contribution in [3.05, 3.63) is 28.2 Å². The van der Waals surface area contributed by atoms with Gasteiger partial charge in [-0.1, -0.05) is 6.07 Å². The fraction of sp³-hybridized carbons (Fsp3) is 0.538. The molecule has 0 spiro atoms. The fourth-order valence-corrected chi connectivity index (χ4v) is 2.95. The van der Waals surface area contributed by atoms with Gasteiger partial charge in [0, 0.05) is 24.7 Å². The molecule has 1 aromatic rings. The second kappa shape index (κ2) is 5.85. The van der Waals surface area contributed by atoms with Crippen molar-refractivity contribution in [2.45, 2.75) is 18.9 Å². The molecular formula is C13H19BrN2O. The molecule has 0 bridgehead atoms. The first-order valence-electron chi connectivity index (χ1n) is 6.01. The molecule has 1 aromatic carbocycles. The van der Waals surface area contributed by atoms with Gasteiger partial charge < -0.3 is 15.4 Å². The molecule has 2 N–H and O–H groups in total. The van der Waals surface area contributed by atoms with Crippen LogP contribution in [0.5, 0.6) is 0 Å². The molecule has 1 fully saturated rings. The van der Waals surface area contributed by atoms with Crippen LogP contribution in [-0.2, 0) is 11.2 Å². The number of nitrogens with zero attached hydrogens (tertiary/aromatic N) is 1. The second-order valence-electron chi connectivity index (χ2n) is 4.42. The maximum atomic E-state index is 5.56. The van der Waals surface area contributed by atoms with Crippen molar-refractivity contribution >= 4 is 21.6 Å². The Hall–Kier alpha value is -0.580. The van der Waals surface area contributed by atoms with Crippen LogP contribution in [0.4, 0.5) is 5.69 Å². The summed E-state index contributed by atoms with van der Waals surface area (Å²) in [6.45, 7) is 2.74. The Morgan fingerprint density at radius 3 is 2.94 bits per heavy atom. The third-order valence-corrected chi connectivity index (χ3v) is 3.90. The number of ether oxygens (including phenoxy) is 1. The molecule has 1 unspecified atom stereocenters. The third kappa shape index (κ3) is 3.00. The van der Waals surface area contributed by atoms with Gasteiger partial charge in [-0.15, -0.1) is 0 Å². The zero-order chi connectivity index (χ0) is 12.3. The zero-order valence-corrected chi connectivity index (χ0v) is 11.7. The molecular weight excluding hydrogens is 280 g/mol. The summed E-state index contributed by atoms with van der Waals surface area (Å²) >= 11 is 3.65. The quantitative estimate of drug-likeness (QED) is 0.926. The lowest BCUT2D eigenvalue weighted by molar-refractivity contribution is 0.121. The molecule has 17 heavy (non-hydrogen) atoms. The van der Waals surface area contributed by atoms with Crippen LogP contribution in [0.15, 0.2) is 22.7 Å². The summed E-state index contributed by atoms with van der Waals surface area (Å²) < 4.78 is 6.54. The Balaban J connectivity index is 2.11. The fourth-order valence-electron chi connectivity index (χ4n) is 2.27. The molecule has 4 heteroatoms. The first kappa shape index (κ1) is 12.9. The van der Waals surface area contributed by atoms with Crippen LogP contribution in [0.1, 0.15) is 12.0 Å². The van der Waals surface area contributed by atoms with Gasteiger partial charge in [-0.25, -0.2) is 0 Å². The van der Waals surface area contributed by atoms with Crippen LogP contribution >= 0.6 is 15.9 Å². The maximum Gasteiger partial charge on any atom is 0.0762 e. The molecule has 1 saturated heterocycles. The van der Waals surface area contributed by atoms with Crippen LogP contribution in [0.3, 0.4) is 0 Å². The highest BCUT2D eigenvalue weighted by Gasteiger charge is 2.23. The van der Waals surface area contributed by atoms with E-state index in [0.29, 0.717) is 12.6 Å². The maximum absolute atomic E-state index is 5.56. The number of rotatable bonds is 4. The molecule has 0 aliphatic carbocycles. The summed E-state index contributed by atoms with van der Waals surface area (Å²) in [7, 11) is 1.79. The standard InChI is InChI=1S/C13H19BrN2O/c1-17-11-5-7-16(9-11)13-3-2-10(4-6-15)8-12(13)14/h2-3,8,11H,4-7,9,15H2,1H3. The number of methoxy groups -OCH3 is 1. The van der Waals surface area contributed by atoms with Gasteiger partial charge >= 0.3 is 0 Å². The van der Waals surface area contributed by atoms with Crippen molar-refractivity contribution in [2.24, 2.45) is 5.73 Å². The molecule has 2 rings (SSSR count). The van der Waals surface area contributed by atoms with Gasteiger partial charge in [0.1, 0.15) is 0 Å². The van der Waals surface area contributed by atoms with Crippen molar-refractivity contribution in [3.8, 4) is 0 Å². The lowest BCUT2D eigenvalue weighted by Gasteiger charge is -2.20. The summed E-state index contributed by atoms with van der Waals surface area (Å²) in [4.78, 5) is 2.37. The zero-order valence-electron chi connectivity index (χ0n) is 10.2. The van der Waals surface area contributed by atoms with Gasteiger partial charge in [0.25, 0.3) is 0 Å². The van der Waals surface area contributed by atoms with E-state index >= 15 is 0 Å². The van der Waals surface area contributed by atoms with E-state index in [1.54, 1.807) is 7.11 Å². The van der Waals surface area contributed by atoms with E-state index in [4.69, 9.17) is 10.5 Å². The van der Waals surface area contributed by atoms with Gasteiger partial charge in [0.05, 0.1) is 11.8 Å². The average molecular weight is 299 g/mol. The summed E-state index contributed by atoms with van der Waals surface area (Å²) in [5.41, 5.74) is 8.10. The van der Waals surface area contributed by atoms with E-state index < -0.39 is 0 Å². The molecule has 0 aromatic heterocycles. The van der Waals surface area contributed by atoms with Crippen molar-refractivity contribution in [3.63, 3.8) is 0 Å². The molecule has 3 nitrogen and oxygen atoms in total. The van der Waals surface area contributed by atoms with Gasteiger partial charge in [-0.2, -0.15) is 0 Å². The van der Waals surface area contributed by atoms with E-state index in [1.165, 1.54) is 11.3 Å². The molecule has 0 amide bonds. The van der Waals surface area contributed by atoms with Gasteiger partial charge in [-0.05, 0) is 53.0 Å². The number of anilines is 1. The molecule has 1 aliphatic heterocycles. The highest BCUT2D eigenvalue weighted by atomic mass is 79.9. The van der Waals surface area contributed by atoms with E-state index in [0.717, 1.165) is 30.4 Å². The largest absolute Gasteiger partial charge is 0.380 e. The summed E-state index contributed by atoms with van der Waals surface area (Å²) in [5.74, 6) is 0. The first-order chi connectivity index (χ1) is 8.24. The highest BCUT2D eigenvalue weighted by molar-refractivity contribution is 9.10. The Bertz CT molecular complexity index is 384. The second-order valence-corrected chi connectivity index (χ2v) is 5.27. The van der Waals surface area contributed by atoms with Crippen molar-refractivity contribution in [2.75, 3.05) is 31.6 Å². The number of hydrogen-bond donors (Lipinski definition) is 1. The van der Waals surface area contributed by atoms with Gasteiger partial charge in [0.15, 0.2) is 0 Å². The summed E-state index contributed by atoms with van der Waals surface area (Å²) in [6.07, 6.45) is 2.40. The Labute approximate surface area is 111 Å².